The molecule has 32 heavy (non-hydrogen) atoms. The van der Waals surface area contributed by atoms with Crippen LogP contribution in [0.25, 0.3) is 10.8 Å². The van der Waals surface area contributed by atoms with Crippen molar-refractivity contribution in [3.63, 3.8) is 0 Å². The number of carbonyl (C=O) groups excluding carboxylic acids is 2. The lowest BCUT2D eigenvalue weighted by molar-refractivity contribution is -0.120. The topological polar surface area (TPSA) is 84.0 Å². The van der Waals surface area contributed by atoms with Crippen LogP contribution in [0.5, 0.6) is 0 Å². The van der Waals surface area contributed by atoms with E-state index in [1.165, 1.54) is 0 Å². The zero-order valence-corrected chi connectivity index (χ0v) is 17.3. The van der Waals surface area contributed by atoms with E-state index in [2.05, 4.69) is 20.6 Å². The Labute approximate surface area is 184 Å². The van der Waals surface area contributed by atoms with Crippen LogP contribution in [0.15, 0.2) is 73.2 Å². The number of fused-ring (bicyclic) bond motifs is 4. The molecule has 2 aromatic carbocycles. The Morgan fingerprint density at radius 2 is 1.81 bits per heavy atom. The lowest BCUT2D eigenvalue weighted by atomic mass is 9.79. The van der Waals surface area contributed by atoms with Crippen LogP contribution in [0.2, 0.25) is 0 Å². The number of anilines is 1. The largest absolute Gasteiger partial charge is 0.347 e. The van der Waals surface area contributed by atoms with Crippen molar-refractivity contribution in [2.45, 2.75) is 24.8 Å². The van der Waals surface area contributed by atoms with Crippen LogP contribution < -0.4 is 10.6 Å². The van der Waals surface area contributed by atoms with Gasteiger partial charge in [-0.1, -0.05) is 42.5 Å². The summed E-state index contributed by atoms with van der Waals surface area (Å²) in [5.41, 5.74) is 4.63. The minimum absolute atomic E-state index is 0.0179. The number of pyridine rings is 2. The number of carbonyl (C=O) groups is 2. The number of amides is 2. The first-order valence-corrected chi connectivity index (χ1v) is 10.6. The van der Waals surface area contributed by atoms with Crippen LogP contribution in [0.1, 0.15) is 32.7 Å². The fourth-order valence-electron chi connectivity index (χ4n) is 5.00. The molecule has 1 aliphatic heterocycles. The Morgan fingerprint density at radius 1 is 1.00 bits per heavy atom. The van der Waals surface area contributed by atoms with Crippen molar-refractivity contribution in [1.29, 1.82) is 0 Å². The molecule has 1 aliphatic carbocycles. The van der Waals surface area contributed by atoms with Crippen molar-refractivity contribution >= 4 is 28.3 Å². The maximum absolute atomic E-state index is 12.9. The van der Waals surface area contributed by atoms with Gasteiger partial charge in [-0.2, -0.15) is 0 Å². The quantitative estimate of drug-likeness (QED) is 0.531. The minimum Gasteiger partial charge on any atom is -0.347 e. The van der Waals surface area contributed by atoms with E-state index in [4.69, 9.17) is 0 Å². The van der Waals surface area contributed by atoms with Gasteiger partial charge in [-0.05, 0) is 52.6 Å². The molecule has 0 radical (unpaired) electrons. The first-order valence-electron chi connectivity index (χ1n) is 10.6. The zero-order valence-electron chi connectivity index (χ0n) is 17.3. The Morgan fingerprint density at radius 3 is 2.75 bits per heavy atom. The Hall–Kier alpha value is -4.06. The van der Waals surface area contributed by atoms with Crippen molar-refractivity contribution in [1.82, 2.24) is 15.3 Å². The van der Waals surface area contributed by atoms with E-state index in [1.54, 1.807) is 12.4 Å². The van der Waals surface area contributed by atoms with E-state index in [0.717, 1.165) is 38.7 Å². The van der Waals surface area contributed by atoms with E-state index >= 15 is 0 Å². The molecule has 0 saturated heterocycles. The molecule has 1 unspecified atom stereocenters. The van der Waals surface area contributed by atoms with Gasteiger partial charge in [-0.3, -0.25) is 19.6 Å². The van der Waals surface area contributed by atoms with Crippen LogP contribution in [0.4, 0.5) is 5.69 Å². The van der Waals surface area contributed by atoms with Gasteiger partial charge < -0.3 is 10.6 Å². The summed E-state index contributed by atoms with van der Waals surface area (Å²) in [6.45, 7) is 0.367. The number of benzene rings is 2. The van der Waals surface area contributed by atoms with Gasteiger partial charge in [0.05, 0.1) is 5.41 Å². The van der Waals surface area contributed by atoms with E-state index in [9.17, 15) is 9.59 Å². The molecule has 4 aromatic rings. The molecule has 2 N–H and O–H groups in total. The minimum atomic E-state index is -0.607. The second-order valence-electron chi connectivity index (χ2n) is 8.48. The van der Waals surface area contributed by atoms with Crippen LogP contribution in [0.3, 0.4) is 0 Å². The lowest BCUT2D eigenvalue weighted by Gasteiger charge is -2.20. The predicted molar refractivity (Wildman–Crippen MR) is 121 cm³/mol. The fourth-order valence-corrected chi connectivity index (χ4v) is 5.00. The van der Waals surface area contributed by atoms with Gasteiger partial charge in [-0.25, -0.2) is 0 Å². The summed E-state index contributed by atoms with van der Waals surface area (Å²) in [5, 5.41) is 8.08. The SMILES string of the molecule is O=C(NCc1cncc2ccccc12)c1cc2c(cn1)CC1(C2)C(=O)Nc2ccccc21. The summed E-state index contributed by atoms with van der Waals surface area (Å²) in [6.07, 6.45) is 6.50. The molecule has 6 nitrogen and oxygen atoms in total. The van der Waals surface area contributed by atoms with Gasteiger partial charge >= 0.3 is 0 Å². The summed E-state index contributed by atoms with van der Waals surface area (Å²) in [4.78, 5) is 34.4. The van der Waals surface area contributed by atoms with Gasteiger partial charge in [-0.15, -0.1) is 0 Å². The normalized spacial score (nSPS) is 18.4. The molecule has 156 valence electrons. The van der Waals surface area contributed by atoms with Crippen molar-refractivity contribution in [2.24, 2.45) is 0 Å². The highest BCUT2D eigenvalue weighted by molar-refractivity contribution is 6.07. The second-order valence-corrected chi connectivity index (χ2v) is 8.48. The molecule has 2 aromatic heterocycles. The highest BCUT2D eigenvalue weighted by atomic mass is 16.2. The molecule has 0 fully saturated rings. The number of hydrogen-bond donors (Lipinski definition) is 2. The molecule has 6 rings (SSSR count). The van der Waals surface area contributed by atoms with Crippen molar-refractivity contribution in [3.05, 3.63) is 101 Å². The van der Waals surface area contributed by atoms with Gasteiger partial charge in [0.1, 0.15) is 5.69 Å². The molecular formula is C26H20N4O2. The maximum atomic E-state index is 12.9. The number of nitrogens with zero attached hydrogens (tertiary/aromatic N) is 2. The molecule has 2 amide bonds. The second kappa shape index (κ2) is 6.99. The number of rotatable bonds is 3. The van der Waals surface area contributed by atoms with Crippen LogP contribution in [-0.4, -0.2) is 21.8 Å². The first kappa shape index (κ1) is 18.7. The van der Waals surface area contributed by atoms with Gasteiger partial charge in [0.25, 0.3) is 5.91 Å². The Kier molecular flexibility index (Phi) is 4.08. The predicted octanol–water partition coefficient (Wildman–Crippen LogP) is 3.55. The third-order valence-corrected chi connectivity index (χ3v) is 6.62. The highest BCUT2D eigenvalue weighted by Gasteiger charge is 2.50. The van der Waals surface area contributed by atoms with E-state index in [0.29, 0.717) is 25.1 Å². The summed E-state index contributed by atoms with van der Waals surface area (Å²) >= 11 is 0. The molecule has 1 atom stereocenters. The molecule has 0 saturated carbocycles. The average molecular weight is 420 g/mol. The van der Waals surface area contributed by atoms with Gasteiger partial charge in [0.2, 0.25) is 5.91 Å². The number of aromatic nitrogens is 2. The maximum Gasteiger partial charge on any atom is 0.270 e. The molecule has 3 heterocycles. The number of para-hydroxylation sites is 1. The summed E-state index contributed by atoms with van der Waals surface area (Å²) in [5.74, 6) is -0.220. The standard InChI is InChI=1S/C26H20N4O2/c31-24(29-15-19-13-27-12-16-5-1-2-6-20(16)19)23-9-17-10-26(11-18(17)14-28-23)21-7-3-4-8-22(21)30-25(26)32/h1-9,12-14H,10-11,15H2,(H,29,31)(H,30,32). The molecule has 6 heteroatoms. The third-order valence-electron chi connectivity index (χ3n) is 6.62. The van der Waals surface area contributed by atoms with Crippen molar-refractivity contribution < 1.29 is 9.59 Å². The lowest BCUT2D eigenvalue weighted by Crippen LogP contribution is -2.35. The summed E-state index contributed by atoms with van der Waals surface area (Å²) < 4.78 is 0. The van der Waals surface area contributed by atoms with Crippen molar-refractivity contribution in [3.8, 4) is 0 Å². The smallest absolute Gasteiger partial charge is 0.270 e. The molecule has 2 aliphatic rings. The van der Waals surface area contributed by atoms with Crippen LogP contribution >= 0.6 is 0 Å². The molecular weight excluding hydrogens is 400 g/mol. The van der Waals surface area contributed by atoms with Gasteiger partial charge in [0, 0.05) is 36.2 Å². The highest BCUT2D eigenvalue weighted by Crippen LogP contribution is 2.47. The zero-order chi connectivity index (χ0) is 21.7. The van der Waals surface area contributed by atoms with Crippen LogP contribution in [-0.2, 0) is 29.6 Å². The van der Waals surface area contributed by atoms with Gasteiger partial charge in [0.15, 0.2) is 0 Å². The first-order chi connectivity index (χ1) is 15.6. The number of nitrogens with one attached hydrogen (secondary N) is 2. The van der Waals surface area contributed by atoms with Crippen LogP contribution in [0, 0.1) is 0 Å². The average Bonchev–Trinajstić information content (AvgIpc) is 3.34. The van der Waals surface area contributed by atoms with E-state index in [-0.39, 0.29) is 11.8 Å². The van der Waals surface area contributed by atoms with Crippen molar-refractivity contribution in [2.75, 3.05) is 5.32 Å². The third kappa shape index (κ3) is 2.80. The van der Waals surface area contributed by atoms with E-state index in [1.807, 2.05) is 60.8 Å². The summed E-state index contributed by atoms with van der Waals surface area (Å²) in [6, 6.07) is 17.6. The summed E-state index contributed by atoms with van der Waals surface area (Å²) in [7, 11) is 0. The number of hydrogen-bond acceptors (Lipinski definition) is 4. The molecule has 0 bridgehead atoms. The molecule has 1 spiro atoms. The monoisotopic (exact) mass is 420 g/mol. The van der Waals surface area contributed by atoms with E-state index < -0.39 is 5.41 Å². The Bertz CT molecular complexity index is 1410. The fraction of sp³-hybridized carbons (Fsp3) is 0.154. The Balaban J connectivity index is 1.24.